The number of carbonyl (C=O) groups excluding carboxylic acids is 1. The summed E-state index contributed by atoms with van der Waals surface area (Å²) in [6, 6.07) is 15.5. The summed E-state index contributed by atoms with van der Waals surface area (Å²) in [5, 5.41) is 4.34. The Balaban J connectivity index is 1.45. The van der Waals surface area contributed by atoms with Gasteiger partial charge in [-0.3, -0.25) is 9.78 Å². The van der Waals surface area contributed by atoms with Crippen molar-refractivity contribution in [3.05, 3.63) is 70.9 Å². The van der Waals surface area contributed by atoms with Gasteiger partial charge in [-0.15, -0.1) is 0 Å². The summed E-state index contributed by atoms with van der Waals surface area (Å²) in [5.41, 5.74) is 3.36. The average molecular weight is 382 g/mol. The minimum atomic E-state index is -0.182. The molecule has 0 atom stereocenters. The molecule has 1 aromatic heterocycles. The number of aromatic nitrogens is 1. The number of halogens is 1. The minimum Gasteiger partial charge on any atom is -0.378 e. The average Bonchev–Trinajstić information content (AvgIpc) is 2.72. The Labute approximate surface area is 162 Å². The monoisotopic (exact) mass is 381 g/mol. The van der Waals surface area contributed by atoms with E-state index in [9.17, 15) is 4.79 Å². The van der Waals surface area contributed by atoms with Crippen molar-refractivity contribution in [2.75, 3.05) is 31.2 Å². The maximum absolute atomic E-state index is 12.7. The fourth-order valence-electron chi connectivity index (χ4n) is 3.25. The summed E-state index contributed by atoms with van der Waals surface area (Å²) >= 11 is 6.15. The quantitative estimate of drug-likeness (QED) is 0.749. The maximum atomic E-state index is 12.7. The molecule has 0 saturated carbocycles. The minimum absolute atomic E-state index is 0.182. The first-order chi connectivity index (χ1) is 13.2. The van der Waals surface area contributed by atoms with Crippen molar-refractivity contribution in [2.24, 2.45) is 0 Å². The molecule has 1 fully saturated rings. The van der Waals surface area contributed by atoms with E-state index in [4.69, 9.17) is 16.3 Å². The molecule has 0 spiro atoms. The molecule has 1 aliphatic rings. The van der Waals surface area contributed by atoms with Crippen molar-refractivity contribution >= 4 is 34.1 Å². The van der Waals surface area contributed by atoms with E-state index in [-0.39, 0.29) is 5.91 Å². The summed E-state index contributed by atoms with van der Waals surface area (Å²) in [5.74, 6) is -0.182. The lowest BCUT2D eigenvalue weighted by atomic mass is 10.1. The van der Waals surface area contributed by atoms with Crippen molar-refractivity contribution in [2.45, 2.75) is 6.54 Å². The van der Waals surface area contributed by atoms with E-state index in [0.29, 0.717) is 22.6 Å². The van der Waals surface area contributed by atoms with E-state index in [0.717, 1.165) is 37.3 Å². The number of amides is 1. The van der Waals surface area contributed by atoms with Crippen molar-refractivity contribution in [3.8, 4) is 0 Å². The number of benzene rings is 2. The first kappa shape index (κ1) is 17.8. The van der Waals surface area contributed by atoms with Crippen LogP contribution in [-0.2, 0) is 11.3 Å². The summed E-state index contributed by atoms with van der Waals surface area (Å²) in [6.07, 6.45) is 1.68. The molecule has 0 aliphatic carbocycles. The molecule has 1 amide bonds. The van der Waals surface area contributed by atoms with Gasteiger partial charge >= 0.3 is 0 Å². The van der Waals surface area contributed by atoms with E-state index < -0.39 is 0 Å². The summed E-state index contributed by atoms with van der Waals surface area (Å²) in [4.78, 5) is 19.3. The normalized spacial score (nSPS) is 14.3. The molecule has 3 aromatic rings. The largest absolute Gasteiger partial charge is 0.378 e. The Bertz CT molecular complexity index is 953. The highest BCUT2D eigenvalue weighted by Gasteiger charge is 2.13. The van der Waals surface area contributed by atoms with Crippen LogP contribution in [0.25, 0.3) is 10.9 Å². The molecule has 1 saturated heterocycles. The second-order valence-electron chi connectivity index (χ2n) is 6.48. The highest BCUT2D eigenvalue weighted by atomic mass is 35.5. The first-order valence-corrected chi connectivity index (χ1v) is 9.32. The highest BCUT2D eigenvalue weighted by Crippen LogP contribution is 2.22. The van der Waals surface area contributed by atoms with Gasteiger partial charge in [0, 0.05) is 41.9 Å². The first-order valence-electron chi connectivity index (χ1n) is 8.95. The number of rotatable bonds is 4. The van der Waals surface area contributed by atoms with E-state index in [1.807, 2.05) is 30.3 Å². The number of carbonyl (C=O) groups is 1. The number of pyridine rings is 1. The number of nitrogens with zero attached hydrogens (tertiary/aromatic N) is 2. The highest BCUT2D eigenvalue weighted by molar-refractivity contribution is 6.32. The molecule has 5 nitrogen and oxygen atoms in total. The van der Waals surface area contributed by atoms with Gasteiger partial charge in [0.2, 0.25) is 0 Å². The van der Waals surface area contributed by atoms with Gasteiger partial charge in [-0.1, -0.05) is 29.8 Å². The fraction of sp³-hybridized carbons (Fsp3) is 0.238. The zero-order chi connectivity index (χ0) is 18.6. The number of anilines is 1. The lowest BCUT2D eigenvalue weighted by Crippen LogP contribution is -2.36. The SMILES string of the molecule is O=C(NCc1ccc(N2CCOCC2)cc1)c1cc(Cl)cc2cccnc12. The fourth-order valence-corrected chi connectivity index (χ4v) is 3.48. The van der Waals surface area contributed by atoms with E-state index in [1.165, 1.54) is 5.69 Å². The van der Waals surface area contributed by atoms with E-state index >= 15 is 0 Å². The summed E-state index contributed by atoms with van der Waals surface area (Å²) < 4.78 is 5.39. The third-order valence-electron chi connectivity index (χ3n) is 4.68. The van der Waals surface area contributed by atoms with Crippen LogP contribution in [0, 0.1) is 0 Å². The van der Waals surface area contributed by atoms with Crippen LogP contribution in [0.15, 0.2) is 54.7 Å². The van der Waals surface area contributed by atoms with Gasteiger partial charge in [0.1, 0.15) is 0 Å². The predicted molar refractivity (Wildman–Crippen MR) is 107 cm³/mol. The van der Waals surface area contributed by atoms with Crippen molar-refractivity contribution in [3.63, 3.8) is 0 Å². The number of hydrogen-bond donors (Lipinski definition) is 1. The van der Waals surface area contributed by atoms with E-state index in [2.05, 4.69) is 27.3 Å². The Morgan fingerprint density at radius 1 is 1.15 bits per heavy atom. The number of morpholine rings is 1. The number of ether oxygens (including phenoxy) is 1. The molecule has 1 aliphatic heterocycles. The molecule has 2 aromatic carbocycles. The molecule has 27 heavy (non-hydrogen) atoms. The zero-order valence-corrected chi connectivity index (χ0v) is 15.6. The Hall–Kier alpha value is -2.63. The lowest BCUT2D eigenvalue weighted by Gasteiger charge is -2.28. The predicted octanol–water partition coefficient (Wildman–Crippen LogP) is 3.65. The van der Waals surface area contributed by atoms with Crippen molar-refractivity contribution in [1.82, 2.24) is 10.3 Å². The van der Waals surface area contributed by atoms with Crippen molar-refractivity contribution in [1.29, 1.82) is 0 Å². The number of nitrogens with one attached hydrogen (secondary N) is 1. The standard InChI is InChI=1S/C21H20ClN3O2/c22-17-12-16-2-1-7-23-20(16)19(13-17)21(26)24-14-15-3-5-18(6-4-15)25-8-10-27-11-9-25/h1-7,12-13H,8-11,14H2,(H,24,26). The molecule has 0 radical (unpaired) electrons. The summed E-state index contributed by atoms with van der Waals surface area (Å²) in [7, 11) is 0. The van der Waals surface area contributed by atoms with Gasteiger partial charge in [-0.25, -0.2) is 0 Å². The third-order valence-corrected chi connectivity index (χ3v) is 4.90. The van der Waals surface area contributed by atoms with Crippen LogP contribution in [0.5, 0.6) is 0 Å². The zero-order valence-electron chi connectivity index (χ0n) is 14.8. The van der Waals surface area contributed by atoms with Crippen LogP contribution in [0.2, 0.25) is 5.02 Å². The molecule has 0 bridgehead atoms. The van der Waals surface area contributed by atoms with Crippen LogP contribution >= 0.6 is 11.6 Å². The Morgan fingerprint density at radius 3 is 2.70 bits per heavy atom. The maximum Gasteiger partial charge on any atom is 0.253 e. The lowest BCUT2D eigenvalue weighted by molar-refractivity contribution is 0.0952. The number of hydrogen-bond acceptors (Lipinski definition) is 4. The van der Waals surface area contributed by atoms with Gasteiger partial charge in [0.05, 0.1) is 24.3 Å². The molecule has 138 valence electrons. The van der Waals surface area contributed by atoms with Gasteiger partial charge < -0.3 is 15.0 Å². The van der Waals surface area contributed by atoms with Crippen LogP contribution in [-0.4, -0.2) is 37.2 Å². The Kier molecular flexibility index (Phi) is 5.23. The topological polar surface area (TPSA) is 54.5 Å². The molecule has 1 N–H and O–H groups in total. The van der Waals surface area contributed by atoms with Crippen molar-refractivity contribution < 1.29 is 9.53 Å². The molecule has 6 heteroatoms. The van der Waals surface area contributed by atoms with Gasteiger partial charge in [0.15, 0.2) is 0 Å². The second-order valence-corrected chi connectivity index (χ2v) is 6.91. The van der Waals surface area contributed by atoms with Crippen LogP contribution in [0.3, 0.4) is 0 Å². The third kappa shape index (κ3) is 4.04. The molecule has 4 rings (SSSR count). The Morgan fingerprint density at radius 2 is 1.93 bits per heavy atom. The van der Waals surface area contributed by atoms with Crippen LogP contribution in [0.4, 0.5) is 5.69 Å². The van der Waals surface area contributed by atoms with Gasteiger partial charge in [0.25, 0.3) is 5.91 Å². The van der Waals surface area contributed by atoms with E-state index in [1.54, 1.807) is 12.3 Å². The molecule has 2 heterocycles. The van der Waals surface area contributed by atoms with Crippen LogP contribution < -0.4 is 10.2 Å². The molecular weight excluding hydrogens is 362 g/mol. The molecule has 0 unspecified atom stereocenters. The molecular formula is C21H20ClN3O2. The van der Waals surface area contributed by atoms with Gasteiger partial charge in [-0.2, -0.15) is 0 Å². The summed E-state index contributed by atoms with van der Waals surface area (Å²) in [6.45, 7) is 3.79. The second kappa shape index (κ2) is 7.94. The number of fused-ring (bicyclic) bond motifs is 1. The van der Waals surface area contributed by atoms with Crippen LogP contribution in [0.1, 0.15) is 15.9 Å². The smallest absolute Gasteiger partial charge is 0.253 e. The van der Waals surface area contributed by atoms with Gasteiger partial charge in [-0.05, 0) is 35.9 Å².